The van der Waals surface area contributed by atoms with E-state index >= 15 is 0 Å². The van der Waals surface area contributed by atoms with Crippen LogP contribution < -0.4 is 9.47 Å². The van der Waals surface area contributed by atoms with Crippen molar-refractivity contribution >= 4 is 55.3 Å². The molecule has 0 aliphatic rings. The second-order valence-electron chi connectivity index (χ2n) is 6.72. The smallest absolute Gasteiger partial charge is 0.161 e. The Bertz CT molecular complexity index is 1260. The van der Waals surface area contributed by atoms with Gasteiger partial charge in [0.15, 0.2) is 15.8 Å². The molecule has 4 aromatic rings. The average molecular weight is 523 g/mol. The van der Waals surface area contributed by atoms with E-state index < -0.39 is 0 Å². The summed E-state index contributed by atoms with van der Waals surface area (Å²) in [7, 11) is 0. The molecule has 160 valence electrons. The van der Waals surface area contributed by atoms with E-state index in [-0.39, 0.29) is 0 Å². The van der Waals surface area contributed by atoms with Crippen molar-refractivity contribution in [2.75, 3.05) is 6.61 Å². The topological polar surface area (TPSA) is 55.1 Å². The van der Waals surface area contributed by atoms with Gasteiger partial charge in [0.05, 0.1) is 21.7 Å². The van der Waals surface area contributed by atoms with E-state index in [4.69, 9.17) is 9.47 Å². The maximum atomic E-state index is 9.66. The summed E-state index contributed by atoms with van der Waals surface area (Å²) in [6, 6.07) is 24.0. The summed E-state index contributed by atoms with van der Waals surface area (Å²) >= 11 is 6.40. The number of rotatable bonds is 8. The van der Waals surface area contributed by atoms with Crippen molar-refractivity contribution in [1.82, 2.24) is 4.98 Å². The molecule has 0 amide bonds. The molecule has 0 radical (unpaired) electrons. The number of halogens is 1. The average Bonchev–Trinajstić information content (AvgIpc) is 3.22. The maximum absolute atomic E-state index is 9.66. The lowest BCUT2D eigenvalue weighted by molar-refractivity contribution is 0.269. The molecule has 4 rings (SSSR count). The lowest BCUT2D eigenvalue weighted by atomic mass is 10.2. The van der Waals surface area contributed by atoms with Gasteiger partial charge in [-0.25, -0.2) is 4.98 Å². The Hall–Kier alpha value is -2.79. The molecule has 0 aliphatic heterocycles. The highest BCUT2D eigenvalue weighted by molar-refractivity contribution is 9.10. The van der Waals surface area contributed by atoms with Crippen LogP contribution in [0.25, 0.3) is 16.3 Å². The van der Waals surface area contributed by atoms with Gasteiger partial charge in [-0.15, -0.1) is 11.3 Å². The van der Waals surface area contributed by atoms with Crippen molar-refractivity contribution in [2.24, 2.45) is 0 Å². The molecule has 0 spiro atoms. The van der Waals surface area contributed by atoms with Crippen LogP contribution in [0.5, 0.6) is 11.5 Å². The Morgan fingerprint density at radius 3 is 2.66 bits per heavy atom. The maximum Gasteiger partial charge on any atom is 0.161 e. The van der Waals surface area contributed by atoms with E-state index in [1.54, 1.807) is 11.3 Å². The molecule has 0 bridgehead atoms. The second-order valence-corrected chi connectivity index (χ2v) is 9.96. The van der Waals surface area contributed by atoms with Crippen LogP contribution in [0.1, 0.15) is 18.1 Å². The summed E-state index contributed by atoms with van der Waals surface area (Å²) < 4.78 is 14.8. The van der Waals surface area contributed by atoms with Crippen LogP contribution in [0.2, 0.25) is 0 Å². The minimum Gasteiger partial charge on any atom is -0.490 e. The number of hydrogen-bond donors (Lipinski definition) is 0. The lowest BCUT2D eigenvalue weighted by Crippen LogP contribution is -2.00. The van der Waals surface area contributed by atoms with Crippen LogP contribution in [0.3, 0.4) is 0 Å². The molecular weight excluding hydrogens is 504 g/mol. The molecule has 7 heteroatoms. The van der Waals surface area contributed by atoms with Crippen LogP contribution in [0, 0.1) is 11.3 Å². The Morgan fingerprint density at radius 2 is 1.91 bits per heavy atom. The van der Waals surface area contributed by atoms with Gasteiger partial charge in [-0.2, -0.15) is 5.26 Å². The van der Waals surface area contributed by atoms with Gasteiger partial charge in [-0.05, 0) is 72.3 Å². The molecule has 0 saturated heterocycles. The van der Waals surface area contributed by atoms with Gasteiger partial charge in [0, 0.05) is 4.47 Å². The summed E-state index contributed by atoms with van der Waals surface area (Å²) in [5.41, 5.74) is 2.89. The number of thioether (sulfide) groups is 1. The van der Waals surface area contributed by atoms with Gasteiger partial charge in [-0.3, -0.25) is 0 Å². The number of ether oxygens (including phenoxy) is 2. The molecule has 0 N–H and O–H groups in total. The highest BCUT2D eigenvalue weighted by Crippen LogP contribution is 2.36. The monoisotopic (exact) mass is 522 g/mol. The summed E-state index contributed by atoms with van der Waals surface area (Å²) in [4.78, 5) is 5.17. The summed E-state index contributed by atoms with van der Waals surface area (Å²) in [5, 5.41) is 9.66. The fourth-order valence-corrected chi connectivity index (χ4v) is 5.21. The van der Waals surface area contributed by atoms with Gasteiger partial charge in [-0.1, -0.05) is 46.3 Å². The first kappa shape index (κ1) is 22.4. The number of nitrogens with zero attached hydrogens (tertiary/aromatic N) is 2. The fraction of sp³-hybridized carbons (Fsp3) is 0.120. The van der Waals surface area contributed by atoms with E-state index in [2.05, 4.69) is 27.0 Å². The molecule has 0 aliphatic carbocycles. The summed E-state index contributed by atoms with van der Waals surface area (Å²) in [6.07, 6.45) is 1.84. The third-order valence-electron chi connectivity index (χ3n) is 4.45. The number of thiazole rings is 1. The van der Waals surface area contributed by atoms with Gasteiger partial charge in [0.25, 0.3) is 0 Å². The van der Waals surface area contributed by atoms with E-state index in [1.165, 1.54) is 11.8 Å². The minimum atomic E-state index is 0.444. The Morgan fingerprint density at radius 1 is 1.09 bits per heavy atom. The predicted molar refractivity (Wildman–Crippen MR) is 135 cm³/mol. The van der Waals surface area contributed by atoms with Crippen molar-refractivity contribution in [2.45, 2.75) is 17.9 Å². The number of aromatic nitrogens is 1. The Balaban J connectivity index is 1.52. The number of para-hydroxylation sites is 1. The van der Waals surface area contributed by atoms with E-state index in [0.29, 0.717) is 29.6 Å². The predicted octanol–water partition coefficient (Wildman–Crippen LogP) is 7.69. The zero-order chi connectivity index (χ0) is 22.3. The molecule has 0 saturated carbocycles. The van der Waals surface area contributed by atoms with Crippen LogP contribution in [0.15, 0.2) is 80.4 Å². The first-order valence-electron chi connectivity index (χ1n) is 9.94. The van der Waals surface area contributed by atoms with Crippen LogP contribution in [0.4, 0.5) is 0 Å². The molecular formula is C25H19BrN2O2S2. The highest BCUT2D eigenvalue weighted by atomic mass is 79.9. The zero-order valence-electron chi connectivity index (χ0n) is 17.2. The van der Waals surface area contributed by atoms with Crippen molar-refractivity contribution in [3.63, 3.8) is 0 Å². The fourth-order valence-electron chi connectivity index (χ4n) is 2.97. The van der Waals surface area contributed by atoms with Gasteiger partial charge >= 0.3 is 0 Å². The van der Waals surface area contributed by atoms with E-state index in [0.717, 1.165) is 30.2 Å². The first-order valence-corrected chi connectivity index (χ1v) is 12.4. The van der Waals surface area contributed by atoms with Crippen LogP contribution in [-0.2, 0) is 6.61 Å². The van der Waals surface area contributed by atoms with Gasteiger partial charge in [0.1, 0.15) is 12.7 Å². The minimum absolute atomic E-state index is 0.444. The molecule has 0 unspecified atom stereocenters. The number of benzene rings is 3. The van der Waals surface area contributed by atoms with Crippen molar-refractivity contribution in [3.05, 3.63) is 87.2 Å². The molecule has 32 heavy (non-hydrogen) atoms. The molecule has 4 nitrogen and oxygen atoms in total. The van der Waals surface area contributed by atoms with Crippen molar-refractivity contribution in [3.8, 4) is 17.6 Å². The largest absolute Gasteiger partial charge is 0.490 e. The van der Waals surface area contributed by atoms with Crippen molar-refractivity contribution < 1.29 is 9.47 Å². The van der Waals surface area contributed by atoms with Crippen LogP contribution >= 0.6 is 39.0 Å². The quantitative estimate of drug-likeness (QED) is 0.175. The third kappa shape index (κ3) is 5.71. The molecule has 1 heterocycles. The zero-order valence-corrected chi connectivity index (χ0v) is 20.5. The van der Waals surface area contributed by atoms with E-state index in [9.17, 15) is 5.26 Å². The van der Waals surface area contributed by atoms with Gasteiger partial charge in [0.2, 0.25) is 0 Å². The normalized spacial score (nSPS) is 11.3. The van der Waals surface area contributed by atoms with Crippen molar-refractivity contribution in [1.29, 1.82) is 5.26 Å². The third-order valence-corrected chi connectivity index (χ3v) is 7.01. The SMILES string of the molecule is CCOc1cc(/C=C(\C#N)Sc2nc3ccccc3s2)ccc1OCc1ccc(Br)cc1. The molecule has 3 aromatic carbocycles. The second kappa shape index (κ2) is 10.7. The number of hydrogen-bond acceptors (Lipinski definition) is 6. The summed E-state index contributed by atoms with van der Waals surface area (Å²) in [5.74, 6) is 1.32. The molecule has 0 fully saturated rings. The highest BCUT2D eigenvalue weighted by Gasteiger charge is 2.10. The van der Waals surface area contributed by atoms with E-state index in [1.807, 2.05) is 79.7 Å². The molecule has 0 atom stereocenters. The molecule has 1 aromatic heterocycles. The number of nitriles is 1. The Kier molecular flexibility index (Phi) is 7.48. The van der Waals surface area contributed by atoms with Gasteiger partial charge < -0.3 is 9.47 Å². The van der Waals surface area contributed by atoms with Crippen LogP contribution in [-0.4, -0.2) is 11.6 Å². The lowest BCUT2D eigenvalue weighted by Gasteiger charge is -2.13. The first-order chi connectivity index (χ1) is 15.6. The summed E-state index contributed by atoms with van der Waals surface area (Å²) in [6.45, 7) is 2.90. The number of allylic oxidation sites excluding steroid dienone is 1. The Labute approximate surface area is 203 Å². The number of fused-ring (bicyclic) bond motifs is 1. The standard InChI is InChI=1S/C25H19BrN2O2S2/c1-2-29-23-14-18(9-12-22(23)30-16-17-7-10-19(26)11-8-17)13-20(15-27)31-25-28-21-5-3-4-6-24(21)32-25/h3-14H,2,16H2,1H3/b20-13+.